The molecule has 1 heterocycles. The Balaban J connectivity index is 2.02. The number of benzene rings is 2. The first-order chi connectivity index (χ1) is 11.2. The summed E-state index contributed by atoms with van der Waals surface area (Å²) in [5.41, 5.74) is 3.88. The summed E-state index contributed by atoms with van der Waals surface area (Å²) in [6.07, 6.45) is 0. The van der Waals surface area contributed by atoms with Crippen LogP contribution in [-0.4, -0.2) is 28.2 Å². The zero-order chi connectivity index (χ0) is 16.4. The fourth-order valence-corrected chi connectivity index (χ4v) is 3.38. The minimum Gasteiger partial charge on any atom is -0.363 e. The molecule has 0 fully saturated rings. The summed E-state index contributed by atoms with van der Waals surface area (Å²) in [7, 11) is 2.03. The van der Waals surface area contributed by atoms with Gasteiger partial charge >= 0.3 is 0 Å². The molecular formula is C19H23N3S. The van der Waals surface area contributed by atoms with Gasteiger partial charge in [0.05, 0.1) is 0 Å². The van der Waals surface area contributed by atoms with E-state index in [2.05, 4.69) is 71.1 Å². The van der Waals surface area contributed by atoms with Crippen molar-refractivity contribution in [2.24, 2.45) is 0 Å². The van der Waals surface area contributed by atoms with Crippen molar-refractivity contribution < 1.29 is 0 Å². The number of nitrogens with one attached hydrogen (secondary N) is 1. The molecule has 0 unspecified atom stereocenters. The Bertz CT molecular complexity index is 850. The molecule has 3 nitrogen and oxygen atoms in total. The van der Waals surface area contributed by atoms with Gasteiger partial charge in [-0.2, -0.15) is 0 Å². The van der Waals surface area contributed by atoms with Crippen LogP contribution in [0.4, 0.5) is 0 Å². The molecule has 0 saturated heterocycles. The Labute approximate surface area is 142 Å². The molecular weight excluding hydrogens is 302 g/mol. The van der Waals surface area contributed by atoms with E-state index in [0.29, 0.717) is 0 Å². The van der Waals surface area contributed by atoms with Crippen LogP contribution in [0.1, 0.15) is 19.4 Å². The zero-order valence-corrected chi connectivity index (χ0v) is 14.8. The Kier molecular flexibility index (Phi) is 4.53. The van der Waals surface area contributed by atoms with E-state index in [1.165, 1.54) is 27.4 Å². The van der Waals surface area contributed by atoms with Gasteiger partial charge in [0.25, 0.3) is 0 Å². The normalized spacial score (nSPS) is 11.1. The van der Waals surface area contributed by atoms with Crippen LogP contribution < -0.4 is 5.32 Å². The van der Waals surface area contributed by atoms with Crippen molar-refractivity contribution in [2.45, 2.75) is 26.9 Å². The molecule has 0 atom stereocenters. The quantitative estimate of drug-likeness (QED) is 0.728. The molecule has 0 radical (unpaired) electrons. The summed E-state index contributed by atoms with van der Waals surface area (Å²) in [5.74, 6) is 0. The molecule has 0 aliphatic rings. The third-order valence-electron chi connectivity index (χ3n) is 4.25. The van der Waals surface area contributed by atoms with Crippen LogP contribution in [-0.2, 0) is 13.1 Å². The second kappa shape index (κ2) is 6.59. The average Bonchev–Trinajstić information content (AvgIpc) is 2.88. The summed E-state index contributed by atoms with van der Waals surface area (Å²) in [6, 6.07) is 15.4. The van der Waals surface area contributed by atoms with Gasteiger partial charge in [0, 0.05) is 48.5 Å². The number of hydrogen-bond acceptors (Lipinski definition) is 1. The SMILES string of the molecule is CCNC(=S)N(C)Cc1ccc2c(c1)c1ccccc1n2CC. The molecule has 0 amide bonds. The predicted octanol–water partition coefficient (Wildman–Crippen LogP) is 4.14. The Morgan fingerprint density at radius 2 is 1.83 bits per heavy atom. The first-order valence-electron chi connectivity index (χ1n) is 8.14. The highest BCUT2D eigenvalue weighted by Crippen LogP contribution is 2.29. The van der Waals surface area contributed by atoms with Crippen molar-refractivity contribution in [1.82, 2.24) is 14.8 Å². The smallest absolute Gasteiger partial charge is 0.168 e. The van der Waals surface area contributed by atoms with Crippen LogP contribution in [0.5, 0.6) is 0 Å². The molecule has 2 aromatic carbocycles. The molecule has 0 spiro atoms. The number of thiocarbonyl (C=S) groups is 1. The van der Waals surface area contributed by atoms with Gasteiger partial charge in [0.1, 0.15) is 0 Å². The molecule has 23 heavy (non-hydrogen) atoms. The van der Waals surface area contributed by atoms with Crippen LogP contribution >= 0.6 is 12.2 Å². The maximum Gasteiger partial charge on any atom is 0.168 e. The maximum absolute atomic E-state index is 5.38. The monoisotopic (exact) mass is 325 g/mol. The largest absolute Gasteiger partial charge is 0.363 e. The number of nitrogens with zero attached hydrogens (tertiary/aromatic N) is 2. The lowest BCUT2D eigenvalue weighted by atomic mass is 10.1. The van der Waals surface area contributed by atoms with Gasteiger partial charge in [-0.1, -0.05) is 24.3 Å². The summed E-state index contributed by atoms with van der Waals surface area (Å²) in [4.78, 5) is 2.08. The molecule has 4 heteroatoms. The van der Waals surface area contributed by atoms with Gasteiger partial charge in [-0.3, -0.25) is 0 Å². The first kappa shape index (κ1) is 15.8. The highest BCUT2D eigenvalue weighted by Gasteiger charge is 2.11. The van der Waals surface area contributed by atoms with Crippen molar-refractivity contribution in [3.63, 3.8) is 0 Å². The molecule has 1 N–H and O–H groups in total. The second-order valence-electron chi connectivity index (χ2n) is 5.80. The number of para-hydroxylation sites is 1. The highest BCUT2D eigenvalue weighted by molar-refractivity contribution is 7.80. The van der Waals surface area contributed by atoms with E-state index in [9.17, 15) is 0 Å². The summed E-state index contributed by atoms with van der Waals surface area (Å²) in [6.45, 7) is 6.90. The van der Waals surface area contributed by atoms with Crippen LogP contribution in [0.2, 0.25) is 0 Å². The second-order valence-corrected chi connectivity index (χ2v) is 6.19. The fraction of sp³-hybridized carbons (Fsp3) is 0.316. The van der Waals surface area contributed by atoms with E-state index in [1.807, 2.05) is 7.05 Å². The fourth-order valence-electron chi connectivity index (χ4n) is 3.17. The lowest BCUT2D eigenvalue weighted by Crippen LogP contribution is -2.36. The third kappa shape index (κ3) is 2.91. The van der Waals surface area contributed by atoms with E-state index in [4.69, 9.17) is 12.2 Å². The molecule has 0 aliphatic carbocycles. The van der Waals surface area contributed by atoms with Crippen molar-refractivity contribution >= 4 is 39.1 Å². The van der Waals surface area contributed by atoms with E-state index in [0.717, 1.165) is 24.7 Å². The molecule has 0 saturated carbocycles. The molecule has 3 rings (SSSR count). The summed E-state index contributed by atoms with van der Waals surface area (Å²) >= 11 is 5.38. The predicted molar refractivity (Wildman–Crippen MR) is 103 cm³/mol. The maximum atomic E-state index is 5.38. The van der Waals surface area contributed by atoms with Gasteiger partial charge in [0.15, 0.2) is 5.11 Å². The Hall–Kier alpha value is -2.07. The lowest BCUT2D eigenvalue weighted by Gasteiger charge is -2.20. The molecule has 0 aliphatic heterocycles. The summed E-state index contributed by atoms with van der Waals surface area (Å²) < 4.78 is 2.38. The van der Waals surface area contributed by atoms with Crippen LogP contribution in [0.25, 0.3) is 21.8 Å². The minimum atomic E-state index is 0.795. The number of hydrogen-bond donors (Lipinski definition) is 1. The molecule has 1 aromatic heterocycles. The van der Waals surface area contributed by atoms with E-state index in [-0.39, 0.29) is 0 Å². The van der Waals surface area contributed by atoms with Crippen molar-refractivity contribution in [3.05, 3.63) is 48.0 Å². The third-order valence-corrected chi connectivity index (χ3v) is 4.70. The summed E-state index contributed by atoms with van der Waals surface area (Å²) in [5, 5.41) is 6.64. The van der Waals surface area contributed by atoms with Gasteiger partial charge in [-0.15, -0.1) is 0 Å². The highest BCUT2D eigenvalue weighted by atomic mass is 32.1. The number of rotatable bonds is 4. The van der Waals surface area contributed by atoms with Crippen LogP contribution in [0.3, 0.4) is 0 Å². The standard InChI is InChI=1S/C19H23N3S/c1-4-20-19(23)21(3)13-14-10-11-18-16(12-14)15-8-6-7-9-17(15)22(18)5-2/h6-12H,4-5,13H2,1-3H3,(H,20,23). The Morgan fingerprint density at radius 1 is 1.09 bits per heavy atom. The van der Waals surface area contributed by atoms with Gasteiger partial charge < -0.3 is 14.8 Å². The Morgan fingerprint density at radius 3 is 2.57 bits per heavy atom. The van der Waals surface area contributed by atoms with E-state index < -0.39 is 0 Å². The topological polar surface area (TPSA) is 20.2 Å². The van der Waals surface area contributed by atoms with Crippen molar-refractivity contribution in [1.29, 1.82) is 0 Å². The van der Waals surface area contributed by atoms with Gasteiger partial charge in [-0.05, 0) is 49.8 Å². The number of aromatic nitrogens is 1. The molecule has 3 aromatic rings. The van der Waals surface area contributed by atoms with Gasteiger partial charge in [-0.25, -0.2) is 0 Å². The molecule has 120 valence electrons. The zero-order valence-electron chi connectivity index (χ0n) is 14.0. The van der Waals surface area contributed by atoms with Crippen molar-refractivity contribution in [2.75, 3.05) is 13.6 Å². The van der Waals surface area contributed by atoms with Crippen molar-refractivity contribution in [3.8, 4) is 0 Å². The minimum absolute atomic E-state index is 0.795. The first-order valence-corrected chi connectivity index (χ1v) is 8.55. The lowest BCUT2D eigenvalue weighted by molar-refractivity contribution is 0.491. The van der Waals surface area contributed by atoms with Crippen LogP contribution in [0, 0.1) is 0 Å². The van der Waals surface area contributed by atoms with E-state index in [1.54, 1.807) is 0 Å². The molecule has 0 bridgehead atoms. The average molecular weight is 325 g/mol. The number of aryl methyl sites for hydroxylation is 1. The number of fused-ring (bicyclic) bond motifs is 3. The van der Waals surface area contributed by atoms with E-state index >= 15 is 0 Å². The van der Waals surface area contributed by atoms with Crippen LogP contribution in [0.15, 0.2) is 42.5 Å². The van der Waals surface area contributed by atoms with Gasteiger partial charge in [0.2, 0.25) is 0 Å².